The highest BCUT2D eigenvalue weighted by Crippen LogP contribution is 2.34. The Hall–Kier alpha value is -3.66. The lowest BCUT2D eigenvalue weighted by Crippen LogP contribution is -2.37. The molecule has 1 aliphatic rings. The van der Waals surface area contributed by atoms with Gasteiger partial charge in [-0.05, 0) is 29.7 Å². The van der Waals surface area contributed by atoms with Crippen LogP contribution in [0, 0.1) is 11.6 Å². The van der Waals surface area contributed by atoms with Gasteiger partial charge in [-0.3, -0.25) is 14.0 Å². The van der Waals surface area contributed by atoms with E-state index < -0.39 is 23.2 Å². The average molecular weight is 411 g/mol. The molecular weight excluding hydrogens is 396 g/mol. The summed E-state index contributed by atoms with van der Waals surface area (Å²) >= 11 is 0. The molecule has 1 aliphatic heterocycles. The molecule has 1 atom stereocenters. The molecule has 1 aromatic carbocycles. The summed E-state index contributed by atoms with van der Waals surface area (Å²) in [5, 5.41) is 7.98. The van der Waals surface area contributed by atoms with Gasteiger partial charge in [0, 0.05) is 24.5 Å². The largest absolute Gasteiger partial charge is 0.373 e. The highest BCUT2D eigenvalue weighted by Gasteiger charge is 2.31. The van der Waals surface area contributed by atoms with Crippen molar-refractivity contribution in [2.24, 2.45) is 0 Å². The molecule has 4 heterocycles. The predicted octanol–water partition coefficient (Wildman–Crippen LogP) is 2.19. The van der Waals surface area contributed by atoms with E-state index in [1.54, 1.807) is 29.8 Å². The zero-order valence-corrected chi connectivity index (χ0v) is 15.7. The molecule has 0 bridgehead atoms. The van der Waals surface area contributed by atoms with Crippen LogP contribution in [0.25, 0.3) is 16.4 Å². The van der Waals surface area contributed by atoms with Crippen molar-refractivity contribution in [1.82, 2.24) is 24.5 Å². The summed E-state index contributed by atoms with van der Waals surface area (Å²) in [6.45, 7) is 0.245. The predicted molar refractivity (Wildman–Crippen MR) is 102 cm³/mol. The van der Waals surface area contributed by atoms with Crippen LogP contribution in [0.3, 0.4) is 0 Å². The Kier molecular flexibility index (Phi) is 4.10. The summed E-state index contributed by atoms with van der Waals surface area (Å²) in [4.78, 5) is 29.6. The second-order valence-electron chi connectivity index (χ2n) is 7.12. The number of amides is 1. The number of aromatic nitrogens is 4. The second kappa shape index (κ2) is 6.70. The first-order chi connectivity index (χ1) is 14.4. The van der Waals surface area contributed by atoms with Crippen molar-refractivity contribution in [3.8, 4) is 0 Å². The van der Waals surface area contributed by atoms with Gasteiger partial charge in [-0.25, -0.2) is 8.78 Å². The van der Waals surface area contributed by atoms with Crippen LogP contribution < -0.4 is 5.56 Å². The third-order valence-electron chi connectivity index (χ3n) is 5.37. The van der Waals surface area contributed by atoms with Gasteiger partial charge in [-0.2, -0.15) is 0 Å². The Bertz CT molecular complexity index is 1380. The quantitative estimate of drug-likeness (QED) is 0.546. The molecule has 4 aromatic rings. The molecule has 0 fully saturated rings. The molecule has 3 aromatic heterocycles. The molecule has 10 heteroatoms. The van der Waals surface area contributed by atoms with Crippen LogP contribution >= 0.6 is 0 Å². The van der Waals surface area contributed by atoms with Gasteiger partial charge in [0.2, 0.25) is 0 Å². The Balaban J connectivity index is 1.62. The molecule has 0 saturated carbocycles. The first kappa shape index (κ1) is 18.4. The number of rotatable bonds is 2. The zero-order chi connectivity index (χ0) is 21.0. The van der Waals surface area contributed by atoms with Gasteiger partial charge in [0.15, 0.2) is 17.3 Å². The lowest BCUT2D eigenvalue weighted by atomic mass is 9.95. The number of likely N-dealkylation sites (N-methyl/N-ethyl adjacent to an activating group) is 1. The number of halogens is 2. The Morgan fingerprint density at radius 1 is 1.27 bits per heavy atom. The molecule has 0 radical (unpaired) electrons. The fourth-order valence-electron chi connectivity index (χ4n) is 3.85. The number of nitrogens with zero attached hydrogens (tertiary/aromatic N) is 4. The number of ether oxygens (including phenoxy) is 1. The van der Waals surface area contributed by atoms with Gasteiger partial charge in [0.25, 0.3) is 11.5 Å². The molecule has 1 N–H and O–H groups in total. The smallest absolute Gasteiger partial charge is 0.256 e. The summed E-state index contributed by atoms with van der Waals surface area (Å²) in [5.41, 5.74) is 1.42. The normalized spacial score (nSPS) is 16.0. The van der Waals surface area contributed by atoms with Crippen LogP contribution in [-0.4, -0.2) is 44.0 Å². The molecule has 152 valence electrons. The van der Waals surface area contributed by atoms with Crippen LogP contribution in [0.2, 0.25) is 0 Å². The number of nitrogens with one attached hydrogen (secondary N) is 1. The Labute approximate surface area is 167 Å². The van der Waals surface area contributed by atoms with Crippen molar-refractivity contribution in [2.45, 2.75) is 12.6 Å². The first-order valence-electron chi connectivity index (χ1n) is 9.12. The summed E-state index contributed by atoms with van der Waals surface area (Å²) in [5.74, 6) is -2.48. The third kappa shape index (κ3) is 2.76. The van der Waals surface area contributed by atoms with E-state index in [0.717, 1.165) is 12.1 Å². The molecule has 0 unspecified atom stereocenters. The van der Waals surface area contributed by atoms with Crippen molar-refractivity contribution in [3.63, 3.8) is 0 Å². The van der Waals surface area contributed by atoms with E-state index in [9.17, 15) is 18.4 Å². The number of hydrogen-bond acceptors (Lipinski definition) is 5. The highest BCUT2D eigenvalue weighted by atomic mass is 19.2. The summed E-state index contributed by atoms with van der Waals surface area (Å²) < 4.78 is 34.9. The monoisotopic (exact) mass is 411 g/mol. The van der Waals surface area contributed by atoms with Crippen LogP contribution in [-0.2, 0) is 11.3 Å². The molecule has 1 amide bonds. The zero-order valence-electron chi connectivity index (χ0n) is 15.7. The van der Waals surface area contributed by atoms with E-state index in [0.29, 0.717) is 22.5 Å². The minimum absolute atomic E-state index is 0.0197. The Morgan fingerprint density at radius 2 is 2.03 bits per heavy atom. The number of carbonyl (C=O) groups is 1. The number of fused-ring (bicyclic) bond motifs is 4. The molecule has 30 heavy (non-hydrogen) atoms. The maximum Gasteiger partial charge on any atom is 0.256 e. The van der Waals surface area contributed by atoms with Gasteiger partial charge in [-0.1, -0.05) is 0 Å². The average Bonchev–Trinajstić information content (AvgIpc) is 3.21. The lowest BCUT2D eigenvalue weighted by molar-refractivity contribution is 0.0335. The number of pyridine rings is 2. The number of benzene rings is 1. The van der Waals surface area contributed by atoms with E-state index in [2.05, 4.69) is 15.2 Å². The number of hydrogen-bond donors (Lipinski definition) is 1. The highest BCUT2D eigenvalue weighted by molar-refractivity contribution is 5.95. The molecular formula is C20H15F2N5O3. The van der Waals surface area contributed by atoms with E-state index in [1.807, 2.05) is 0 Å². The van der Waals surface area contributed by atoms with Crippen LogP contribution in [0.15, 0.2) is 41.6 Å². The maximum absolute atomic E-state index is 14.0. The van der Waals surface area contributed by atoms with E-state index in [1.165, 1.54) is 11.2 Å². The van der Waals surface area contributed by atoms with Crippen molar-refractivity contribution in [1.29, 1.82) is 0 Å². The minimum atomic E-state index is -1.11. The van der Waals surface area contributed by atoms with Crippen LogP contribution in [0.1, 0.15) is 27.7 Å². The summed E-state index contributed by atoms with van der Waals surface area (Å²) in [6, 6.07) is 4.57. The van der Waals surface area contributed by atoms with Crippen molar-refractivity contribution >= 4 is 22.3 Å². The summed E-state index contributed by atoms with van der Waals surface area (Å²) in [6.07, 6.45) is 3.10. The SMILES string of the molecule is CN(C(=O)c1ccc2nncn2c1)[C@@H]1COCc2[nH]c(=O)c3cc(F)c(F)cc3c21. The van der Waals surface area contributed by atoms with Crippen LogP contribution in [0.5, 0.6) is 0 Å². The molecule has 0 spiro atoms. The molecule has 5 rings (SSSR count). The topological polar surface area (TPSA) is 92.6 Å². The Morgan fingerprint density at radius 3 is 2.83 bits per heavy atom. The van der Waals surface area contributed by atoms with E-state index in [-0.39, 0.29) is 29.9 Å². The fourth-order valence-corrected chi connectivity index (χ4v) is 3.85. The lowest BCUT2D eigenvalue weighted by Gasteiger charge is -2.33. The van der Waals surface area contributed by atoms with Gasteiger partial charge in [0.05, 0.1) is 30.2 Å². The van der Waals surface area contributed by atoms with Crippen molar-refractivity contribution in [2.75, 3.05) is 13.7 Å². The van der Waals surface area contributed by atoms with Crippen molar-refractivity contribution < 1.29 is 18.3 Å². The molecule has 0 aliphatic carbocycles. The van der Waals surface area contributed by atoms with Gasteiger partial charge in [0.1, 0.15) is 6.33 Å². The van der Waals surface area contributed by atoms with E-state index >= 15 is 0 Å². The third-order valence-corrected chi connectivity index (χ3v) is 5.37. The fraction of sp³-hybridized carbons (Fsp3) is 0.200. The number of aromatic amines is 1. The number of H-pyrrole nitrogens is 1. The molecule has 0 saturated heterocycles. The second-order valence-corrected chi connectivity index (χ2v) is 7.12. The van der Waals surface area contributed by atoms with Crippen LogP contribution in [0.4, 0.5) is 8.78 Å². The van der Waals surface area contributed by atoms with Gasteiger partial charge >= 0.3 is 0 Å². The number of carbonyl (C=O) groups excluding carboxylic acids is 1. The van der Waals surface area contributed by atoms with Gasteiger partial charge < -0.3 is 14.6 Å². The van der Waals surface area contributed by atoms with Crippen molar-refractivity contribution in [3.05, 3.63) is 75.6 Å². The van der Waals surface area contributed by atoms with Gasteiger partial charge in [-0.15, -0.1) is 10.2 Å². The molecule has 8 nitrogen and oxygen atoms in total. The minimum Gasteiger partial charge on any atom is -0.373 e. The van der Waals surface area contributed by atoms with E-state index in [4.69, 9.17) is 4.74 Å². The maximum atomic E-state index is 14.0. The standard InChI is InChI=1S/C20H15F2N5O3/c1-26(20(29)10-2-3-17-25-23-9-27(17)6-10)16-8-30-7-15-18(16)11-4-13(21)14(22)5-12(11)19(28)24-15/h2-6,9,16H,7-8H2,1H3,(H,24,28)/t16-/m1/s1. The summed E-state index contributed by atoms with van der Waals surface area (Å²) in [7, 11) is 1.60. The first-order valence-corrected chi connectivity index (χ1v) is 9.12.